The summed E-state index contributed by atoms with van der Waals surface area (Å²) in [4.78, 5) is 30.1. The smallest absolute Gasteiger partial charge is 0.405 e. The number of pyridine rings is 1. The largest absolute Gasteiger partial charge is 0.471 e. The predicted octanol–water partition coefficient (Wildman–Crippen LogP) is 3.60. The number of amides is 2. The molecule has 3 aromatic rings. The Labute approximate surface area is 224 Å². The van der Waals surface area contributed by atoms with Crippen molar-refractivity contribution in [2.24, 2.45) is 0 Å². The number of rotatable bonds is 7. The summed E-state index contributed by atoms with van der Waals surface area (Å²) in [5.41, 5.74) is -0.267. The van der Waals surface area contributed by atoms with Crippen molar-refractivity contribution in [3.05, 3.63) is 63.4 Å². The maximum Gasteiger partial charge on any atom is 0.405 e. The van der Waals surface area contributed by atoms with Crippen LogP contribution < -0.4 is 15.4 Å². The summed E-state index contributed by atoms with van der Waals surface area (Å²) in [6.45, 7) is -0.0895. The van der Waals surface area contributed by atoms with Gasteiger partial charge in [-0.2, -0.15) is 13.2 Å². The third-order valence-electron chi connectivity index (χ3n) is 5.26. The molecule has 0 radical (unpaired) electrons. The number of carbonyl (C=O) groups excluding carboxylic acids is 2. The molecular weight excluding hydrogens is 574 g/mol. The Morgan fingerprint density at radius 3 is 2.53 bits per heavy atom. The van der Waals surface area contributed by atoms with Crippen LogP contribution in [0.2, 0.25) is 10.0 Å². The van der Waals surface area contributed by atoms with Crippen LogP contribution in [0.5, 0.6) is 5.88 Å². The minimum atomic E-state index is -4.66. The van der Waals surface area contributed by atoms with Crippen LogP contribution in [0.3, 0.4) is 0 Å². The van der Waals surface area contributed by atoms with Crippen molar-refractivity contribution < 1.29 is 35.9 Å². The number of alkyl halides is 3. The molecule has 2 N–H and O–H groups in total. The monoisotopic (exact) mass is 591 g/mol. The van der Waals surface area contributed by atoms with Gasteiger partial charge in [-0.05, 0) is 36.8 Å². The lowest BCUT2D eigenvalue weighted by atomic mass is 10.1. The Morgan fingerprint density at radius 1 is 1.18 bits per heavy atom. The van der Waals surface area contributed by atoms with Gasteiger partial charge in [0.25, 0.3) is 11.8 Å². The van der Waals surface area contributed by atoms with Gasteiger partial charge in [-0.25, -0.2) is 18.1 Å². The minimum Gasteiger partial charge on any atom is -0.471 e. The maximum atomic E-state index is 13.4. The molecule has 0 saturated carbocycles. The fourth-order valence-electron chi connectivity index (χ4n) is 3.57. The molecule has 1 fully saturated rings. The number of nitrogens with zero attached hydrogens (tertiary/aromatic N) is 3. The van der Waals surface area contributed by atoms with E-state index in [1.807, 2.05) is 0 Å². The van der Waals surface area contributed by atoms with Gasteiger partial charge >= 0.3 is 6.18 Å². The van der Waals surface area contributed by atoms with Gasteiger partial charge in [0.05, 0.1) is 27.8 Å². The highest BCUT2D eigenvalue weighted by molar-refractivity contribution is 7.92. The topological polar surface area (TPSA) is 132 Å². The highest BCUT2D eigenvalue weighted by Crippen LogP contribution is 2.29. The summed E-state index contributed by atoms with van der Waals surface area (Å²) >= 11 is 12.2. The van der Waals surface area contributed by atoms with Gasteiger partial charge in [0, 0.05) is 17.3 Å². The van der Waals surface area contributed by atoms with Crippen LogP contribution in [-0.2, 0) is 9.84 Å². The van der Waals surface area contributed by atoms with E-state index < -0.39 is 40.5 Å². The second kappa shape index (κ2) is 10.4. The van der Waals surface area contributed by atoms with Crippen LogP contribution in [0.4, 0.5) is 18.9 Å². The number of aryl methyl sites for hydroxylation is 1. The first-order valence-corrected chi connectivity index (χ1v) is 13.3. The molecular formula is C22H18Cl2F3N5O5S. The number of hydrogen-bond acceptors (Lipinski definition) is 7. The maximum absolute atomic E-state index is 13.4. The Kier molecular flexibility index (Phi) is 7.59. The number of ether oxygens (including phenoxy) is 1. The number of nitrogens with one attached hydrogen (secondary N) is 2. The first kappa shape index (κ1) is 27.7. The van der Waals surface area contributed by atoms with Crippen LogP contribution in [0, 0.1) is 6.92 Å². The van der Waals surface area contributed by atoms with Crippen molar-refractivity contribution in [1.82, 2.24) is 20.1 Å². The minimum absolute atomic E-state index is 0.0476. The van der Waals surface area contributed by atoms with Crippen molar-refractivity contribution in [2.75, 3.05) is 23.4 Å². The Morgan fingerprint density at radius 2 is 1.89 bits per heavy atom. The summed E-state index contributed by atoms with van der Waals surface area (Å²) in [5.74, 6) is -2.43. The third-order valence-corrected chi connectivity index (χ3v) is 7.53. The molecule has 16 heteroatoms. The summed E-state index contributed by atoms with van der Waals surface area (Å²) in [5, 5.41) is 8.64. The van der Waals surface area contributed by atoms with Crippen molar-refractivity contribution in [1.29, 1.82) is 0 Å². The van der Waals surface area contributed by atoms with Crippen LogP contribution >= 0.6 is 23.2 Å². The second-order valence-corrected chi connectivity index (χ2v) is 11.3. The van der Waals surface area contributed by atoms with Crippen molar-refractivity contribution in [3.8, 4) is 11.7 Å². The van der Waals surface area contributed by atoms with Gasteiger partial charge in [-0.1, -0.05) is 23.2 Å². The molecule has 0 bridgehead atoms. The first-order chi connectivity index (χ1) is 17.7. The summed E-state index contributed by atoms with van der Waals surface area (Å²) in [6.07, 6.45) is -3.92. The molecule has 2 aromatic heterocycles. The Hall–Kier alpha value is -3.36. The van der Waals surface area contributed by atoms with E-state index in [4.69, 9.17) is 27.9 Å². The SMILES string of the molecule is Cc1cc(Cl)cc(C(=O)NCC(F)(F)F)c1NC(=O)c1cc(OC2CS(=O)(=O)C2)nn1-c1ncccc1Cl. The lowest BCUT2D eigenvalue weighted by molar-refractivity contribution is -0.123. The fraction of sp³-hybridized carbons (Fsp3) is 0.273. The lowest BCUT2D eigenvalue weighted by Gasteiger charge is -2.25. The predicted molar refractivity (Wildman–Crippen MR) is 132 cm³/mol. The van der Waals surface area contributed by atoms with Crippen molar-refractivity contribution in [3.63, 3.8) is 0 Å². The van der Waals surface area contributed by atoms with Crippen LogP contribution in [0.15, 0.2) is 36.5 Å². The quantitative estimate of drug-likeness (QED) is 0.429. The molecule has 1 aromatic carbocycles. The summed E-state index contributed by atoms with van der Waals surface area (Å²) in [6, 6.07) is 6.80. The summed E-state index contributed by atoms with van der Waals surface area (Å²) < 4.78 is 67.5. The van der Waals surface area contributed by atoms with E-state index >= 15 is 0 Å². The third kappa shape index (κ3) is 6.37. The Balaban J connectivity index is 1.68. The first-order valence-electron chi connectivity index (χ1n) is 10.8. The van der Waals surface area contributed by atoms with E-state index in [-0.39, 0.29) is 50.2 Å². The number of halogens is 5. The normalized spacial score (nSPS) is 15.0. The number of benzene rings is 1. The molecule has 1 aliphatic heterocycles. The molecule has 202 valence electrons. The van der Waals surface area contributed by atoms with Crippen molar-refractivity contribution in [2.45, 2.75) is 19.2 Å². The van der Waals surface area contributed by atoms with E-state index in [0.29, 0.717) is 5.56 Å². The van der Waals surface area contributed by atoms with E-state index in [2.05, 4.69) is 15.4 Å². The van der Waals surface area contributed by atoms with Gasteiger partial charge < -0.3 is 15.4 Å². The molecule has 4 rings (SSSR count). The molecule has 0 aliphatic carbocycles. The molecule has 10 nitrogen and oxygen atoms in total. The zero-order chi connectivity index (χ0) is 27.8. The van der Waals surface area contributed by atoms with E-state index in [9.17, 15) is 31.2 Å². The van der Waals surface area contributed by atoms with Gasteiger partial charge in [0.2, 0.25) is 5.88 Å². The molecule has 38 heavy (non-hydrogen) atoms. The van der Waals surface area contributed by atoms with E-state index in [0.717, 1.165) is 10.7 Å². The standard InChI is InChI=1S/C22H18Cl2F3N5O5S/c1-11-5-12(23)6-14(20(33)29-10-22(25,26)27)18(11)30-21(34)16-7-17(37-13-8-38(35,36)9-13)31-32(16)19-15(24)3-2-4-28-19/h2-7,13H,8-10H2,1H3,(H,29,33)(H,30,34). The zero-order valence-corrected chi connectivity index (χ0v) is 21.7. The zero-order valence-electron chi connectivity index (χ0n) is 19.3. The number of anilines is 1. The summed E-state index contributed by atoms with van der Waals surface area (Å²) in [7, 11) is -3.20. The highest BCUT2D eigenvalue weighted by atomic mass is 35.5. The second-order valence-electron chi connectivity index (χ2n) is 8.30. The van der Waals surface area contributed by atoms with Crippen LogP contribution in [-0.4, -0.2) is 65.3 Å². The molecule has 1 saturated heterocycles. The van der Waals surface area contributed by atoms with Crippen molar-refractivity contribution >= 4 is 50.5 Å². The fourth-order valence-corrected chi connectivity index (χ4v) is 5.22. The number of aromatic nitrogens is 3. The van der Waals surface area contributed by atoms with Gasteiger partial charge in [0.15, 0.2) is 15.7 Å². The molecule has 3 heterocycles. The highest BCUT2D eigenvalue weighted by Gasteiger charge is 2.36. The molecule has 1 aliphatic rings. The Bertz CT molecular complexity index is 1520. The van der Waals surface area contributed by atoms with Gasteiger partial charge in [-0.15, -0.1) is 5.10 Å². The molecule has 2 amide bonds. The van der Waals surface area contributed by atoms with E-state index in [1.165, 1.54) is 31.3 Å². The number of sulfone groups is 1. The molecule has 0 atom stereocenters. The average Bonchev–Trinajstić information content (AvgIpc) is 3.21. The van der Waals surface area contributed by atoms with Gasteiger partial charge in [-0.3, -0.25) is 9.59 Å². The lowest BCUT2D eigenvalue weighted by Crippen LogP contribution is -2.45. The van der Waals surface area contributed by atoms with Gasteiger partial charge in [0.1, 0.15) is 18.3 Å². The average molecular weight is 592 g/mol. The van der Waals surface area contributed by atoms with Crippen LogP contribution in [0.25, 0.3) is 5.82 Å². The van der Waals surface area contributed by atoms with E-state index in [1.54, 1.807) is 11.4 Å². The number of carbonyl (C=O) groups is 2. The molecule has 0 spiro atoms. The van der Waals surface area contributed by atoms with Crippen LogP contribution in [0.1, 0.15) is 26.4 Å². The molecule has 0 unspecified atom stereocenters. The number of hydrogen-bond donors (Lipinski definition) is 2.